The van der Waals surface area contributed by atoms with Crippen LogP contribution < -0.4 is 5.32 Å². The first kappa shape index (κ1) is 15.6. The number of thiazole rings is 1. The van der Waals surface area contributed by atoms with Crippen molar-refractivity contribution in [3.8, 4) is 0 Å². The third-order valence-corrected chi connectivity index (χ3v) is 5.13. The number of carbonyl (C=O) groups excluding carboxylic acids is 1. The molecule has 0 aliphatic heterocycles. The summed E-state index contributed by atoms with van der Waals surface area (Å²) >= 11 is 3.57. The van der Waals surface area contributed by atoms with Crippen LogP contribution in [0.5, 0.6) is 0 Å². The SMILES string of the molecule is CCOC(=O)C1CCc2sc(NCCCCSC)nc21. The zero-order chi connectivity index (χ0) is 14.4. The molecular formula is C14H22N2O2S2. The van der Waals surface area contributed by atoms with Crippen LogP contribution in [-0.2, 0) is 16.0 Å². The fourth-order valence-corrected chi connectivity index (χ4v) is 3.90. The quantitative estimate of drug-likeness (QED) is 0.589. The molecule has 0 aromatic carbocycles. The number of hydrogen-bond acceptors (Lipinski definition) is 6. The van der Waals surface area contributed by atoms with Crippen molar-refractivity contribution in [3.63, 3.8) is 0 Å². The number of aromatic nitrogens is 1. The van der Waals surface area contributed by atoms with Crippen molar-refractivity contribution in [1.29, 1.82) is 0 Å². The van der Waals surface area contributed by atoms with E-state index in [2.05, 4.69) is 16.6 Å². The average Bonchev–Trinajstić information content (AvgIpc) is 2.98. The van der Waals surface area contributed by atoms with E-state index in [1.165, 1.54) is 17.1 Å². The summed E-state index contributed by atoms with van der Waals surface area (Å²) < 4.78 is 5.12. The third-order valence-electron chi connectivity index (χ3n) is 3.34. The van der Waals surface area contributed by atoms with E-state index in [0.29, 0.717) is 6.61 Å². The van der Waals surface area contributed by atoms with E-state index in [0.717, 1.165) is 36.6 Å². The fourth-order valence-electron chi connectivity index (χ4n) is 2.34. The zero-order valence-electron chi connectivity index (χ0n) is 12.1. The van der Waals surface area contributed by atoms with Gasteiger partial charge in [0.15, 0.2) is 5.13 Å². The highest BCUT2D eigenvalue weighted by molar-refractivity contribution is 7.98. The molecule has 1 heterocycles. The molecule has 4 nitrogen and oxygen atoms in total. The molecule has 112 valence electrons. The maximum atomic E-state index is 11.9. The van der Waals surface area contributed by atoms with Crippen LogP contribution in [-0.4, -0.2) is 36.1 Å². The summed E-state index contributed by atoms with van der Waals surface area (Å²) in [5.74, 6) is 0.942. The number of carbonyl (C=O) groups is 1. The minimum Gasteiger partial charge on any atom is -0.465 e. The number of aryl methyl sites for hydroxylation is 1. The zero-order valence-corrected chi connectivity index (χ0v) is 13.7. The molecular weight excluding hydrogens is 292 g/mol. The van der Waals surface area contributed by atoms with Crippen molar-refractivity contribution >= 4 is 34.2 Å². The minimum atomic E-state index is -0.145. The standard InChI is InChI=1S/C14H22N2O2S2/c1-3-18-13(17)10-6-7-11-12(10)16-14(20-11)15-8-4-5-9-19-2/h10H,3-9H2,1-2H3,(H,15,16). The number of nitrogens with zero attached hydrogens (tertiary/aromatic N) is 1. The summed E-state index contributed by atoms with van der Waals surface area (Å²) in [6, 6.07) is 0. The Hall–Kier alpha value is -0.750. The number of hydrogen-bond donors (Lipinski definition) is 1. The molecule has 2 rings (SSSR count). The van der Waals surface area contributed by atoms with Gasteiger partial charge in [-0.25, -0.2) is 4.98 Å². The molecule has 1 aliphatic carbocycles. The summed E-state index contributed by atoms with van der Waals surface area (Å²) in [5, 5.41) is 4.32. The number of ether oxygens (including phenoxy) is 1. The number of rotatable bonds is 8. The maximum Gasteiger partial charge on any atom is 0.315 e. The van der Waals surface area contributed by atoms with Crippen LogP contribution in [0.2, 0.25) is 0 Å². The van der Waals surface area contributed by atoms with Crippen LogP contribution in [0.4, 0.5) is 5.13 Å². The topological polar surface area (TPSA) is 51.2 Å². The highest BCUT2D eigenvalue weighted by atomic mass is 32.2. The average molecular weight is 314 g/mol. The molecule has 1 N–H and O–H groups in total. The van der Waals surface area contributed by atoms with Crippen LogP contribution in [0.15, 0.2) is 0 Å². The second-order valence-corrected chi connectivity index (χ2v) is 6.87. The monoisotopic (exact) mass is 314 g/mol. The van der Waals surface area contributed by atoms with Crippen molar-refractivity contribution in [2.24, 2.45) is 0 Å². The lowest BCUT2D eigenvalue weighted by Crippen LogP contribution is -2.14. The smallest absolute Gasteiger partial charge is 0.315 e. The van der Waals surface area contributed by atoms with Gasteiger partial charge in [0.05, 0.1) is 12.3 Å². The Balaban J connectivity index is 1.86. The van der Waals surface area contributed by atoms with Gasteiger partial charge in [0, 0.05) is 11.4 Å². The molecule has 6 heteroatoms. The Bertz CT molecular complexity index is 448. The minimum absolute atomic E-state index is 0.122. The Kier molecular flexibility index (Phi) is 6.16. The van der Waals surface area contributed by atoms with E-state index in [-0.39, 0.29) is 11.9 Å². The van der Waals surface area contributed by atoms with E-state index in [1.807, 2.05) is 18.7 Å². The summed E-state index contributed by atoms with van der Waals surface area (Å²) in [6.07, 6.45) is 6.32. The van der Waals surface area contributed by atoms with Crippen molar-refractivity contribution < 1.29 is 9.53 Å². The summed E-state index contributed by atoms with van der Waals surface area (Å²) in [6.45, 7) is 3.24. The molecule has 0 spiro atoms. The van der Waals surface area contributed by atoms with Gasteiger partial charge >= 0.3 is 5.97 Å². The van der Waals surface area contributed by atoms with Crippen LogP contribution in [0.25, 0.3) is 0 Å². The Morgan fingerprint density at radius 2 is 2.40 bits per heavy atom. The number of fused-ring (bicyclic) bond motifs is 1. The van der Waals surface area contributed by atoms with E-state index in [1.54, 1.807) is 11.3 Å². The molecule has 1 aromatic heterocycles. The third kappa shape index (κ3) is 3.88. The molecule has 0 amide bonds. The fraction of sp³-hybridized carbons (Fsp3) is 0.714. The van der Waals surface area contributed by atoms with Gasteiger partial charge in [-0.1, -0.05) is 0 Å². The van der Waals surface area contributed by atoms with Gasteiger partial charge in [-0.05, 0) is 44.6 Å². The summed E-state index contributed by atoms with van der Waals surface area (Å²) in [5.41, 5.74) is 0.945. The van der Waals surface area contributed by atoms with Gasteiger partial charge in [0.25, 0.3) is 0 Å². The predicted molar refractivity (Wildman–Crippen MR) is 85.9 cm³/mol. The first-order chi connectivity index (χ1) is 9.76. The second kappa shape index (κ2) is 7.88. The lowest BCUT2D eigenvalue weighted by atomic mass is 10.1. The molecule has 20 heavy (non-hydrogen) atoms. The van der Waals surface area contributed by atoms with E-state index in [9.17, 15) is 4.79 Å². The Morgan fingerprint density at radius 1 is 1.55 bits per heavy atom. The molecule has 0 saturated heterocycles. The van der Waals surface area contributed by atoms with Gasteiger partial charge in [-0.3, -0.25) is 4.79 Å². The normalized spacial score (nSPS) is 17.0. The highest BCUT2D eigenvalue weighted by Crippen LogP contribution is 2.38. The molecule has 1 unspecified atom stereocenters. The van der Waals surface area contributed by atoms with E-state index in [4.69, 9.17) is 4.74 Å². The van der Waals surface area contributed by atoms with Crippen molar-refractivity contribution in [2.45, 2.75) is 38.5 Å². The largest absolute Gasteiger partial charge is 0.465 e. The molecule has 1 atom stereocenters. The van der Waals surface area contributed by atoms with Gasteiger partial charge in [-0.15, -0.1) is 11.3 Å². The van der Waals surface area contributed by atoms with Gasteiger partial charge in [0.2, 0.25) is 0 Å². The Labute approximate surface area is 128 Å². The van der Waals surface area contributed by atoms with Crippen LogP contribution in [0.1, 0.15) is 42.7 Å². The maximum absolute atomic E-state index is 11.9. The van der Waals surface area contributed by atoms with Crippen LogP contribution in [0, 0.1) is 0 Å². The van der Waals surface area contributed by atoms with Crippen LogP contribution in [0.3, 0.4) is 0 Å². The molecule has 1 aromatic rings. The molecule has 0 radical (unpaired) electrons. The first-order valence-electron chi connectivity index (χ1n) is 7.15. The number of unbranched alkanes of at least 4 members (excludes halogenated alkanes) is 1. The van der Waals surface area contributed by atoms with Crippen molar-refractivity contribution in [2.75, 3.05) is 30.5 Å². The number of esters is 1. The van der Waals surface area contributed by atoms with Crippen molar-refractivity contribution in [3.05, 3.63) is 10.6 Å². The van der Waals surface area contributed by atoms with E-state index >= 15 is 0 Å². The lowest BCUT2D eigenvalue weighted by molar-refractivity contribution is -0.145. The number of anilines is 1. The highest BCUT2D eigenvalue weighted by Gasteiger charge is 2.33. The first-order valence-corrected chi connectivity index (χ1v) is 9.36. The predicted octanol–water partition coefficient (Wildman–Crippen LogP) is 3.29. The molecule has 0 saturated carbocycles. The number of nitrogens with one attached hydrogen (secondary N) is 1. The summed E-state index contributed by atoms with van der Waals surface area (Å²) in [7, 11) is 0. The molecule has 1 aliphatic rings. The number of thioether (sulfide) groups is 1. The lowest BCUT2D eigenvalue weighted by Gasteiger charge is -2.08. The van der Waals surface area contributed by atoms with Crippen LogP contribution >= 0.6 is 23.1 Å². The van der Waals surface area contributed by atoms with Gasteiger partial charge < -0.3 is 10.1 Å². The molecule has 0 bridgehead atoms. The Morgan fingerprint density at radius 3 is 3.15 bits per heavy atom. The second-order valence-electron chi connectivity index (χ2n) is 4.80. The van der Waals surface area contributed by atoms with Crippen molar-refractivity contribution in [1.82, 2.24) is 4.98 Å². The van der Waals surface area contributed by atoms with E-state index < -0.39 is 0 Å². The summed E-state index contributed by atoms with van der Waals surface area (Å²) in [4.78, 5) is 17.7. The molecule has 0 fully saturated rings. The van der Waals surface area contributed by atoms with Gasteiger partial charge in [-0.2, -0.15) is 11.8 Å². The van der Waals surface area contributed by atoms with Gasteiger partial charge in [0.1, 0.15) is 5.92 Å².